The van der Waals surface area contributed by atoms with Gasteiger partial charge in [0.15, 0.2) is 11.5 Å². The summed E-state index contributed by atoms with van der Waals surface area (Å²) in [6, 6.07) is -0.0560. The fraction of sp³-hybridized carbons (Fsp3) is 0.632. The van der Waals surface area contributed by atoms with Crippen LogP contribution >= 0.6 is 0 Å². The Morgan fingerprint density at radius 2 is 1.79 bits per heavy atom. The van der Waals surface area contributed by atoms with E-state index in [9.17, 15) is 14.4 Å². The highest BCUT2D eigenvalue weighted by Crippen LogP contribution is 2.26. The number of hydrogen-bond acceptors (Lipinski definition) is 6. The monoisotopic (exact) mass is 389 g/mol. The second-order valence-corrected chi connectivity index (χ2v) is 7.29. The maximum Gasteiger partial charge on any atom is 0.273 e. The van der Waals surface area contributed by atoms with E-state index in [1.807, 2.05) is 0 Å². The first-order valence-electron chi connectivity index (χ1n) is 9.78. The van der Waals surface area contributed by atoms with Gasteiger partial charge in [0, 0.05) is 44.6 Å². The Kier molecular flexibility index (Phi) is 6.91. The van der Waals surface area contributed by atoms with Crippen LogP contribution in [0.1, 0.15) is 49.0 Å². The molecular weight excluding hydrogens is 362 g/mol. The summed E-state index contributed by atoms with van der Waals surface area (Å²) in [6.45, 7) is 1.21. The van der Waals surface area contributed by atoms with Gasteiger partial charge in [0.2, 0.25) is 11.8 Å². The Morgan fingerprint density at radius 3 is 2.46 bits per heavy atom. The first-order valence-corrected chi connectivity index (χ1v) is 9.78. The Labute approximate surface area is 164 Å². The molecule has 0 radical (unpaired) electrons. The predicted octanol–water partition coefficient (Wildman–Crippen LogP) is 0.972. The second kappa shape index (κ2) is 9.59. The van der Waals surface area contributed by atoms with Gasteiger partial charge >= 0.3 is 0 Å². The lowest BCUT2D eigenvalue weighted by molar-refractivity contribution is -0.136. The number of nitrogens with zero attached hydrogens (tertiary/aromatic N) is 3. The van der Waals surface area contributed by atoms with Crippen molar-refractivity contribution in [3.05, 3.63) is 18.1 Å². The maximum atomic E-state index is 12.7. The minimum atomic E-state index is -0.364. The van der Waals surface area contributed by atoms with Gasteiger partial charge in [-0.1, -0.05) is 12.8 Å². The molecule has 1 aromatic heterocycles. The number of carbonyl (C=O) groups is 3. The molecule has 9 heteroatoms. The molecule has 1 aliphatic carbocycles. The van der Waals surface area contributed by atoms with Crippen molar-refractivity contribution in [1.82, 2.24) is 20.2 Å². The van der Waals surface area contributed by atoms with Crippen LogP contribution < -0.4 is 10.6 Å². The molecule has 0 bridgehead atoms. The Bertz CT molecular complexity index is 712. The molecule has 0 unspecified atom stereocenters. The van der Waals surface area contributed by atoms with Gasteiger partial charge in [-0.15, -0.1) is 0 Å². The largest absolute Gasteiger partial charge is 0.375 e. The number of piperidine rings is 1. The van der Waals surface area contributed by atoms with Gasteiger partial charge in [-0.25, -0.2) is 9.97 Å². The highest BCUT2D eigenvalue weighted by molar-refractivity contribution is 6.01. The van der Waals surface area contributed by atoms with Crippen molar-refractivity contribution in [2.24, 2.45) is 5.92 Å². The average Bonchev–Trinajstić information content (AvgIpc) is 3.24. The Morgan fingerprint density at radius 1 is 1.11 bits per heavy atom. The van der Waals surface area contributed by atoms with Crippen molar-refractivity contribution < 1.29 is 19.1 Å². The molecule has 0 spiro atoms. The fourth-order valence-electron chi connectivity index (χ4n) is 3.74. The summed E-state index contributed by atoms with van der Waals surface area (Å²) >= 11 is 0. The van der Waals surface area contributed by atoms with E-state index in [4.69, 9.17) is 4.74 Å². The van der Waals surface area contributed by atoms with Crippen molar-refractivity contribution in [2.45, 2.75) is 44.6 Å². The molecular formula is C19H27N5O4. The lowest BCUT2D eigenvalue weighted by atomic mass is 10.0. The molecule has 2 aliphatic rings. The van der Waals surface area contributed by atoms with E-state index < -0.39 is 0 Å². The quantitative estimate of drug-likeness (QED) is 0.750. The molecule has 0 atom stereocenters. The van der Waals surface area contributed by atoms with Gasteiger partial charge in [-0.3, -0.25) is 14.4 Å². The van der Waals surface area contributed by atoms with Crippen LogP contribution in [0.4, 0.5) is 5.82 Å². The number of likely N-dealkylation sites (tertiary alicyclic amines) is 1. The summed E-state index contributed by atoms with van der Waals surface area (Å²) in [5, 5.41) is 5.71. The predicted molar refractivity (Wildman–Crippen MR) is 102 cm³/mol. The number of nitrogens with one attached hydrogen (secondary N) is 2. The van der Waals surface area contributed by atoms with Gasteiger partial charge < -0.3 is 20.3 Å². The van der Waals surface area contributed by atoms with Crippen LogP contribution in [-0.2, 0) is 14.3 Å². The number of rotatable bonds is 6. The van der Waals surface area contributed by atoms with E-state index in [-0.39, 0.29) is 47.8 Å². The molecule has 28 heavy (non-hydrogen) atoms. The number of ether oxygens (including phenoxy) is 1. The van der Waals surface area contributed by atoms with Crippen LogP contribution in [0.2, 0.25) is 0 Å². The zero-order valence-electron chi connectivity index (χ0n) is 16.1. The van der Waals surface area contributed by atoms with E-state index >= 15 is 0 Å². The van der Waals surface area contributed by atoms with Crippen LogP contribution in [0, 0.1) is 5.92 Å². The summed E-state index contributed by atoms with van der Waals surface area (Å²) in [4.78, 5) is 46.9. The van der Waals surface area contributed by atoms with Crippen LogP contribution in [0.15, 0.2) is 12.4 Å². The number of amides is 3. The number of carbonyl (C=O) groups excluding carboxylic acids is 3. The molecule has 1 aliphatic heterocycles. The van der Waals surface area contributed by atoms with Gasteiger partial charge in [0.05, 0.1) is 0 Å². The molecule has 2 N–H and O–H groups in total. The third-order valence-corrected chi connectivity index (χ3v) is 5.33. The molecule has 2 fully saturated rings. The van der Waals surface area contributed by atoms with Gasteiger partial charge in [0.1, 0.15) is 6.61 Å². The van der Waals surface area contributed by atoms with Gasteiger partial charge in [-0.05, 0) is 25.7 Å². The van der Waals surface area contributed by atoms with Crippen molar-refractivity contribution >= 4 is 23.5 Å². The first-order chi connectivity index (χ1) is 13.6. The zero-order chi connectivity index (χ0) is 19.9. The van der Waals surface area contributed by atoms with E-state index in [2.05, 4.69) is 20.6 Å². The highest BCUT2D eigenvalue weighted by atomic mass is 16.5. The highest BCUT2D eigenvalue weighted by Gasteiger charge is 2.27. The maximum absolute atomic E-state index is 12.7. The molecule has 3 rings (SSSR count). The van der Waals surface area contributed by atoms with Crippen LogP contribution in [-0.4, -0.2) is 65.4 Å². The van der Waals surface area contributed by atoms with Gasteiger partial charge in [-0.2, -0.15) is 0 Å². The second-order valence-electron chi connectivity index (χ2n) is 7.29. The van der Waals surface area contributed by atoms with Gasteiger partial charge in [0.25, 0.3) is 5.91 Å². The van der Waals surface area contributed by atoms with E-state index in [0.29, 0.717) is 25.9 Å². The molecule has 1 saturated heterocycles. The molecule has 0 aromatic carbocycles. The first kappa shape index (κ1) is 20.2. The summed E-state index contributed by atoms with van der Waals surface area (Å²) in [5.74, 6) is -0.330. The molecule has 2 heterocycles. The minimum Gasteiger partial charge on any atom is -0.375 e. The van der Waals surface area contributed by atoms with Crippen molar-refractivity contribution in [3.8, 4) is 0 Å². The lowest BCUT2D eigenvalue weighted by Crippen LogP contribution is -2.47. The summed E-state index contributed by atoms with van der Waals surface area (Å²) in [7, 11) is 1.49. The molecule has 3 amide bonds. The summed E-state index contributed by atoms with van der Waals surface area (Å²) in [6.07, 6.45) is 8.06. The van der Waals surface area contributed by atoms with Crippen molar-refractivity contribution in [2.75, 3.05) is 32.1 Å². The minimum absolute atomic E-state index is 0.0214. The zero-order valence-corrected chi connectivity index (χ0v) is 16.1. The summed E-state index contributed by atoms with van der Waals surface area (Å²) < 4.78 is 4.88. The number of hydrogen-bond donors (Lipinski definition) is 2. The third kappa shape index (κ3) is 5.03. The Hall–Kier alpha value is -2.55. The lowest BCUT2D eigenvalue weighted by Gasteiger charge is -2.32. The van der Waals surface area contributed by atoms with Crippen LogP contribution in [0.5, 0.6) is 0 Å². The van der Waals surface area contributed by atoms with E-state index in [0.717, 1.165) is 25.7 Å². The molecule has 152 valence electrons. The smallest absolute Gasteiger partial charge is 0.273 e. The topological polar surface area (TPSA) is 114 Å². The fourth-order valence-corrected chi connectivity index (χ4v) is 3.74. The van der Waals surface area contributed by atoms with E-state index in [1.165, 1.54) is 19.5 Å². The number of anilines is 1. The molecule has 1 saturated carbocycles. The van der Waals surface area contributed by atoms with Crippen molar-refractivity contribution in [1.29, 1.82) is 0 Å². The van der Waals surface area contributed by atoms with Crippen LogP contribution in [0.25, 0.3) is 0 Å². The standard InChI is InChI=1S/C19H27N5O4/c1-28-12-15(25)24-10-6-14(7-11-24)22-19(27)16-17(21-9-8-20-16)23-18(26)13-4-2-3-5-13/h8-9,13-14H,2-7,10-12H2,1H3,(H,22,27)(H,21,23,26). The number of aromatic nitrogens is 2. The SMILES string of the molecule is COCC(=O)N1CCC(NC(=O)c2nccnc2NC(=O)C2CCCC2)CC1. The molecule has 9 nitrogen and oxygen atoms in total. The van der Waals surface area contributed by atoms with Crippen molar-refractivity contribution in [3.63, 3.8) is 0 Å². The third-order valence-electron chi connectivity index (χ3n) is 5.33. The summed E-state index contributed by atoms with van der Waals surface area (Å²) in [5.41, 5.74) is 0.117. The normalized spacial score (nSPS) is 18.1. The van der Waals surface area contributed by atoms with Crippen LogP contribution in [0.3, 0.4) is 0 Å². The number of methoxy groups -OCH3 is 1. The average molecular weight is 389 g/mol. The van der Waals surface area contributed by atoms with E-state index in [1.54, 1.807) is 4.90 Å². The Balaban J connectivity index is 1.56. The molecule has 1 aromatic rings.